The van der Waals surface area contributed by atoms with E-state index in [1.165, 1.54) is 7.11 Å². The molecule has 2 rings (SSSR count). The van der Waals surface area contributed by atoms with Crippen molar-refractivity contribution in [3.8, 4) is 5.75 Å². The molecule has 0 spiro atoms. The Morgan fingerprint density at radius 1 is 1.33 bits per heavy atom. The van der Waals surface area contributed by atoms with Gasteiger partial charge in [0, 0.05) is 0 Å². The lowest BCUT2D eigenvalue weighted by molar-refractivity contribution is -0.137. The lowest BCUT2D eigenvalue weighted by Crippen LogP contribution is -2.36. The third-order valence-corrected chi connectivity index (χ3v) is 2.72. The number of carbonyl (C=O) groups excluding carboxylic acids is 2. The number of fused-ring (bicyclic) bond motifs is 1. The SMILES string of the molecule is COc1ccc(F)c2c1N=C(F)C(C(=O)OB(F)F)C2=O. The highest BCUT2D eigenvalue weighted by molar-refractivity contribution is 6.39. The maximum Gasteiger partial charge on any atom is 0.798 e. The van der Waals surface area contributed by atoms with Crippen molar-refractivity contribution in [2.45, 2.75) is 0 Å². The summed E-state index contributed by atoms with van der Waals surface area (Å²) in [6.45, 7) is 0. The number of rotatable bonds is 3. The van der Waals surface area contributed by atoms with Crippen LogP contribution < -0.4 is 4.74 Å². The molecule has 0 radical (unpaired) electrons. The van der Waals surface area contributed by atoms with Crippen LogP contribution in [0, 0.1) is 11.7 Å². The first-order chi connectivity index (χ1) is 9.86. The molecule has 0 saturated carbocycles. The topological polar surface area (TPSA) is 65.0 Å². The Kier molecular flexibility index (Phi) is 3.96. The summed E-state index contributed by atoms with van der Waals surface area (Å²) >= 11 is 0. The van der Waals surface area contributed by atoms with Crippen LogP contribution in [0.25, 0.3) is 0 Å². The second-order valence-corrected chi connectivity index (χ2v) is 3.90. The summed E-state index contributed by atoms with van der Waals surface area (Å²) in [5.41, 5.74) is -1.16. The van der Waals surface area contributed by atoms with Gasteiger partial charge in [0.2, 0.25) is 5.97 Å². The van der Waals surface area contributed by atoms with E-state index >= 15 is 0 Å². The molecule has 10 heteroatoms. The van der Waals surface area contributed by atoms with Gasteiger partial charge in [-0.2, -0.15) is 4.39 Å². The molecule has 0 bridgehead atoms. The van der Waals surface area contributed by atoms with Gasteiger partial charge in [-0.05, 0) is 12.1 Å². The van der Waals surface area contributed by atoms with E-state index in [2.05, 4.69) is 9.65 Å². The Morgan fingerprint density at radius 3 is 2.57 bits per heavy atom. The van der Waals surface area contributed by atoms with E-state index in [4.69, 9.17) is 4.74 Å². The lowest BCUT2D eigenvalue weighted by Gasteiger charge is -2.19. The largest absolute Gasteiger partial charge is 0.798 e. The zero-order valence-electron chi connectivity index (χ0n) is 10.4. The number of methoxy groups -OCH3 is 1. The number of hydrogen-bond donors (Lipinski definition) is 0. The summed E-state index contributed by atoms with van der Waals surface area (Å²) in [5.74, 6) is -8.31. The van der Waals surface area contributed by atoms with Crippen LogP contribution in [-0.2, 0) is 9.45 Å². The zero-order valence-corrected chi connectivity index (χ0v) is 10.4. The first-order valence-corrected chi connectivity index (χ1v) is 5.50. The molecular formula is C11H6BF4NO4. The molecule has 0 aliphatic carbocycles. The maximum absolute atomic E-state index is 13.7. The van der Waals surface area contributed by atoms with Crippen molar-refractivity contribution >= 4 is 30.9 Å². The van der Waals surface area contributed by atoms with Crippen molar-refractivity contribution < 1.29 is 36.4 Å². The van der Waals surface area contributed by atoms with Crippen LogP contribution in [0.2, 0.25) is 0 Å². The molecule has 0 saturated heterocycles. The average Bonchev–Trinajstić information content (AvgIpc) is 2.37. The number of carbonyl (C=O) groups is 2. The molecule has 0 aromatic heterocycles. The van der Waals surface area contributed by atoms with Crippen molar-refractivity contribution in [3.05, 3.63) is 23.5 Å². The van der Waals surface area contributed by atoms with Crippen molar-refractivity contribution in [1.29, 1.82) is 0 Å². The fourth-order valence-electron chi connectivity index (χ4n) is 1.84. The highest BCUT2D eigenvalue weighted by Crippen LogP contribution is 2.39. The number of ketones is 1. The number of Topliss-reactive ketones (excluding diaryl/α,β-unsaturated/α-hetero) is 1. The summed E-state index contributed by atoms with van der Waals surface area (Å²) in [6, 6.07) is 1.96. The predicted octanol–water partition coefficient (Wildman–Crippen LogP) is 2.11. The van der Waals surface area contributed by atoms with Gasteiger partial charge in [-0.15, -0.1) is 0 Å². The molecule has 1 unspecified atom stereocenters. The van der Waals surface area contributed by atoms with Crippen LogP contribution in [0.1, 0.15) is 10.4 Å². The van der Waals surface area contributed by atoms with E-state index in [1.54, 1.807) is 0 Å². The Balaban J connectivity index is 2.53. The zero-order chi connectivity index (χ0) is 15.7. The minimum atomic E-state index is -3.53. The fraction of sp³-hybridized carbons (Fsp3) is 0.182. The minimum absolute atomic E-state index is 0.101. The molecule has 1 heterocycles. The smallest absolute Gasteiger partial charge is 0.494 e. The fourth-order valence-corrected chi connectivity index (χ4v) is 1.84. The Morgan fingerprint density at radius 2 is 2.00 bits per heavy atom. The number of hydrogen-bond acceptors (Lipinski definition) is 5. The van der Waals surface area contributed by atoms with Gasteiger partial charge in [-0.1, -0.05) is 0 Å². The summed E-state index contributed by atoms with van der Waals surface area (Å²) in [4.78, 5) is 26.5. The average molecular weight is 303 g/mol. The molecule has 110 valence electrons. The lowest BCUT2D eigenvalue weighted by atomic mass is 9.92. The molecule has 0 N–H and O–H groups in total. The van der Waals surface area contributed by atoms with Crippen molar-refractivity contribution in [1.82, 2.24) is 0 Å². The van der Waals surface area contributed by atoms with E-state index in [0.717, 1.165) is 12.1 Å². The summed E-state index contributed by atoms with van der Waals surface area (Å²) in [6.07, 6.45) is 0. The Hall–Kier alpha value is -2.39. The Bertz CT molecular complexity index is 649. The van der Waals surface area contributed by atoms with Gasteiger partial charge in [0.15, 0.2) is 11.7 Å². The third-order valence-electron chi connectivity index (χ3n) is 2.72. The van der Waals surface area contributed by atoms with Crippen LogP contribution in [-0.4, -0.2) is 32.3 Å². The number of aliphatic imine (C=N–C) groups is 1. The van der Waals surface area contributed by atoms with Gasteiger partial charge >= 0.3 is 13.4 Å². The first kappa shape index (κ1) is 15.0. The highest BCUT2D eigenvalue weighted by atomic mass is 19.2. The van der Waals surface area contributed by atoms with Crippen LogP contribution >= 0.6 is 0 Å². The highest BCUT2D eigenvalue weighted by Gasteiger charge is 2.43. The summed E-state index contributed by atoms with van der Waals surface area (Å²) in [5, 5.41) is 0. The van der Waals surface area contributed by atoms with Crippen LogP contribution in [0.4, 0.5) is 23.1 Å². The molecular weight excluding hydrogens is 297 g/mol. The van der Waals surface area contributed by atoms with E-state index in [-0.39, 0.29) is 5.75 Å². The van der Waals surface area contributed by atoms with Crippen LogP contribution in [0.15, 0.2) is 17.1 Å². The molecule has 21 heavy (non-hydrogen) atoms. The number of benzene rings is 1. The second-order valence-electron chi connectivity index (χ2n) is 3.90. The first-order valence-electron chi connectivity index (χ1n) is 5.50. The van der Waals surface area contributed by atoms with Gasteiger partial charge in [-0.25, -0.2) is 18.0 Å². The number of halogens is 4. The maximum atomic E-state index is 13.7. The van der Waals surface area contributed by atoms with Gasteiger partial charge < -0.3 is 9.39 Å². The van der Waals surface area contributed by atoms with Gasteiger partial charge in [0.25, 0.3) is 0 Å². The number of ether oxygens (including phenoxy) is 1. The van der Waals surface area contributed by atoms with E-state index < -0.39 is 48.2 Å². The number of nitrogens with zero attached hydrogens (tertiary/aromatic N) is 1. The summed E-state index contributed by atoms with van der Waals surface area (Å²) < 4.78 is 59.7. The Labute approximate surface area is 115 Å². The molecule has 0 fully saturated rings. The van der Waals surface area contributed by atoms with Crippen molar-refractivity contribution in [3.63, 3.8) is 0 Å². The van der Waals surface area contributed by atoms with E-state index in [1.807, 2.05) is 0 Å². The van der Waals surface area contributed by atoms with E-state index in [9.17, 15) is 27.0 Å². The molecule has 0 amide bonds. The van der Waals surface area contributed by atoms with Crippen LogP contribution in [0.3, 0.4) is 0 Å². The normalized spacial score (nSPS) is 16.9. The summed E-state index contributed by atoms with van der Waals surface area (Å²) in [7, 11) is -2.35. The van der Waals surface area contributed by atoms with Crippen molar-refractivity contribution in [2.24, 2.45) is 10.9 Å². The molecule has 1 aliphatic rings. The van der Waals surface area contributed by atoms with Crippen LogP contribution in [0.5, 0.6) is 5.75 Å². The molecule has 1 atom stereocenters. The quantitative estimate of drug-likeness (QED) is 0.487. The second kappa shape index (κ2) is 5.54. The molecule has 1 aromatic rings. The standard InChI is InChI=1S/C11H6BF4NO4/c1-20-5-3-2-4(13)6-8(5)17-10(14)7(9(6)18)11(19)21-12(15)16/h2-3,7H,1H3. The predicted molar refractivity (Wildman–Crippen MR) is 63.0 cm³/mol. The van der Waals surface area contributed by atoms with Gasteiger partial charge in [0.1, 0.15) is 17.3 Å². The molecule has 1 aromatic carbocycles. The minimum Gasteiger partial charge on any atom is -0.494 e. The van der Waals surface area contributed by atoms with Gasteiger partial charge in [0.05, 0.1) is 12.7 Å². The molecule has 1 aliphatic heterocycles. The third kappa shape index (κ3) is 2.60. The molecule has 5 nitrogen and oxygen atoms in total. The monoisotopic (exact) mass is 303 g/mol. The van der Waals surface area contributed by atoms with E-state index in [0.29, 0.717) is 0 Å². The van der Waals surface area contributed by atoms with Crippen molar-refractivity contribution in [2.75, 3.05) is 7.11 Å². The van der Waals surface area contributed by atoms with Gasteiger partial charge in [-0.3, -0.25) is 9.59 Å².